The first-order chi connectivity index (χ1) is 18.0. The second kappa shape index (κ2) is 9.33. The van der Waals surface area contributed by atoms with Gasteiger partial charge in [-0.1, -0.05) is 18.2 Å². The third-order valence-corrected chi connectivity index (χ3v) is 6.74. The number of fused-ring (bicyclic) bond motifs is 2. The first-order valence-electron chi connectivity index (χ1n) is 12.6. The van der Waals surface area contributed by atoms with E-state index in [-0.39, 0.29) is 23.8 Å². The molecule has 1 saturated heterocycles. The Labute approximate surface area is 213 Å². The molecule has 1 aliphatic rings. The quantitative estimate of drug-likeness (QED) is 0.325. The van der Waals surface area contributed by atoms with Crippen LogP contribution < -0.4 is 15.8 Å². The molecular formula is C28H29N7O2. The predicted molar refractivity (Wildman–Crippen MR) is 146 cm³/mol. The first-order valence-corrected chi connectivity index (χ1v) is 12.6. The summed E-state index contributed by atoms with van der Waals surface area (Å²) >= 11 is 0. The largest absolute Gasteiger partial charge is 0.374 e. The fourth-order valence-corrected chi connectivity index (χ4v) is 5.14. The zero-order chi connectivity index (χ0) is 25.5. The number of aromatic amines is 2. The highest BCUT2D eigenvalue weighted by atomic mass is 16.5. The molecule has 6 rings (SSSR count). The summed E-state index contributed by atoms with van der Waals surface area (Å²) in [7, 11) is 0. The Morgan fingerprint density at radius 2 is 1.76 bits per heavy atom. The van der Waals surface area contributed by atoms with Gasteiger partial charge in [0.2, 0.25) is 0 Å². The van der Waals surface area contributed by atoms with Gasteiger partial charge in [-0.05, 0) is 51.1 Å². The average molecular weight is 496 g/mol. The topological polar surface area (TPSA) is 112 Å². The normalized spacial score (nSPS) is 18.8. The number of hydrogen-bond acceptors (Lipinski definition) is 7. The minimum atomic E-state index is -0.230. The molecule has 1 fully saturated rings. The second-order valence-corrected chi connectivity index (χ2v) is 9.67. The van der Waals surface area contributed by atoms with Gasteiger partial charge in [0.25, 0.3) is 5.56 Å². The minimum absolute atomic E-state index is 0.164. The summed E-state index contributed by atoms with van der Waals surface area (Å²) in [5.41, 5.74) is 4.43. The van der Waals surface area contributed by atoms with Crippen molar-refractivity contribution in [3.8, 4) is 11.4 Å². The Morgan fingerprint density at radius 1 is 1.00 bits per heavy atom. The van der Waals surface area contributed by atoms with E-state index in [9.17, 15) is 4.79 Å². The van der Waals surface area contributed by atoms with Crippen LogP contribution in [0.1, 0.15) is 32.6 Å². The average Bonchev–Trinajstić information content (AvgIpc) is 3.31. The standard InChI is InChI=1S/C28H29N7O2/c1-16-14-35(15-17(2)37-16)19-9-10-22-23(13-19)33-27(32-22)24-25(31-18(3)26-29-11-6-12-30-26)20-7-4-5-8-21(20)34-28(24)36/h4-13,16-18H,14-15H2,1-3H3,(H,32,33)(H2,31,34,36)/t16-,17+,18-/m1/s1. The molecule has 3 N–H and O–H groups in total. The van der Waals surface area contributed by atoms with Crippen LogP contribution in [0.15, 0.2) is 65.7 Å². The van der Waals surface area contributed by atoms with Gasteiger partial charge in [0.15, 0.2) is 0 Å². The highest BCUT2D eigenvalue weighted by Gasteiger charge is 2.24. The minimum Gasteiger partial charge on any atom is -0.374 e. The number of imidazole rings is 1. The number of morpholine rings is 1. The second-order valence-electron chi connectivity index (χ2n) is 9.67. The molecule has 0 spiro atoms. The van der Waals surface area contributed by atoms with E-state index in [0.29, 0.717) is 22.9 Å². The Hall–Kier alpha value is -4.24. The van der Waals surface area contributed by atoms with E-state index in [1.165, 1.54) is 0 Å². The molecule has 188 valence electrons. The summed E-state index contributed by atoms with van der Waals surface area (Å²) in [4.78, 5) is 35.8. The molecule has 3 aromatic heterocycles. The number of rotatable bonds is 5. The summed E-state index contributed by atoms with van der Waals surface area (Å²) in [5.74, 6) is 1.15. The molecule has 9 nitrogen and oxygen atoms in total. The fraction of sp³-hybridized carbons (Fsp3) is 0.286. The van der Waals surface area contributed by atoms with Crippen molar-refractivity contribution in [3.63, 3.8) is 0 Å². The van der Waals surface area contributed by atoms with Gasteiger partial charge < -0.3 is 24.9 Å². The predicted octanol–water partition coefficient (Wildman–Crippen LogP) is 4.65. The SMILES string of the molecule is C[C@@H]1CN(c2ccc3nc(-c4c(N[C@H](C)c5ncccn5)c5ccccc5[nH]c4=O)[nH]c3c2)C[C@H](C)O1. The third kappa shape index (κ3) is 4.42. The number of H-pyrrole nitrogens is 2. The lowest BCUT2D eigenvalue weighted by Gasteiger charge is -2.36. The van der Waals surface area contributed by atoms with E-state index >= 15 is 0 Å². The van der Waals surface area contributed by atoms with E-state index in [0.717, 1.165) is 40.7 Å². The van der Waals surface area contributed by atoms with Crippen LogP contribution in [-0.4, -0.2) is 50.2 Å². The van der Waals surface area contributed by atoms with Gasteiger partial charge >= 0.3 is 0 Å². The van der Waals surface area contributed by atoms with Gasteiger partial charge in [0, 0.05) is 36.6 Å². The van der Waals surface area contributed by atoms with Crippen molar-refractivity contribution in [2.24, 2.45) is 0 Å². The molecule has 0 unspecified atom stereocenters. The number of pyridine rings is 1. The van der Waals surface area contributed by atoms with E-state index in [1.54, 1.807) is 18.5 Å². The zero-order valence-corrected chi connectivity index (χ0v) is 21.0. The number of aromatic nitrogens is 5. The molecule has 2 aromatic carbocycles. The molecule has 3 atom stereocenters. The molecule has 4 heterocycles. The molecule has 1 aliphatic heterocycles. The fourth-order valence-electron chi connectivity index (χ4n) is 5.14. The summed E-state index contributed by atoms with van der Waals surface area (Å²) in [6.07, 6.45) is 3.75. The number of hydrogen-bond donors (Lipinski definition) is 3. The van der Waals surface area contributed by atoms with Crippen LogP contribution in [0.25, 0.3) is 33.3 Å². The summed E-state index contributed by atoms with van der Waals surface area (Å²) < 4.78 is 5.90. The Morgan fingerprint density at radius 3 is 2.54 bits per heavy atom. The smallest absolute Gasteiger partial charge is 0.261 e. The van der Waals surface area contributed by atoms with Crippen molar-refractivity contribution in [1.82, 2.24) is 24.9 Å². The van der Waals surface area contributed by atoms with Crippen LogP contribution in [-0.2, 0) is 4.74 Å². The summed E-state index contributed by atoms with van der Waals surface area (Å²) in [5, 5.41) is 4.39. The molecule has 0 radical (unpaired) electrons. The van der Waals surface area contributed by atoms with E-state index in [4.69, 9.17) is 9.72 Å². The Balaban J connectivity index is 1.45. The molecule has 0 aliphatic carbocycles. The van der Waals surface area contributed by atoms with Gasteiger partial charge in [-0.15, -0.1) is 0 Å². The molecule has 9 heteroatoms. The van der Waals surface area contributed by atoms with E-state index in [2.05, 4.69) is 56.1 Å². The molecule has 0 saturated carbocycles. The number of nitrogens with one attached hydrogen (secondary N) is 3. The highest BCUT2D eigenvalue weighted by Crippen LogP contribution is 2.33. The van der Waals surface area contributed by atoms with Crippen molar-refractivity contribution >= 4 is 33.3 Å². The van der Waals surface area contributed by atoms with Crippen molar-refractivity contribution in [1.29, 1.82) is 0 Å². The first kappa shape index (κ1) is 23.2. The Kier molecular flexibility index (Phi) is 5.84. The highest BCUT2D eigenvalue weighted by molar-refractivity contribution is 5.99. The number of para-hydroxylation sites is 1. The van der Waals surface area contributed by atoms with E-state index < -0.39 is 0 Å². The number of benzene rings is 2. The van der Waals surface area contributed by atoms with Crippen LogP contribution in [0.5, 0.6) is 0 Å². The van der Waals surface area contributed by atoms with Gasteiger partial charge in [-0.2, -0.15) is 0 Å². The molecule has 37 heavy (non-hydrogen) atoms. The van der Waals surface area contributed by atoms with Crippen molar-refractivity contribution < 1.29 is 4.74 Å². The zero-order valence-electron chi connectivity index (χ0n) is 21.0. The van der Waals surface area contributed by atoms with Crippen molar-refractivity contribution in [3.05, 3.63) is 77.1 Å². The molecule has 0 bridgehead atoms. The number of anilines is 2. The third-order valence-electron chi connectivity index (χ3n) is 6.74. The number of nitrogens with zero attached hydrogens (tertiary/aromatic N) is 4. The lowest BCUT2D eigenvalue weighted by atomic mass is 10.1. The van der Waals surface area contributed by atoms with Gasteiger partial charge in [-0.3, -0.25) is 4.79 Å². The molecule has 5 aromatic rings. The van der Waals surface area contributed by atoms with Crippen LogP contribution in [0, 0.1) is 0 Å². The maximum Gasteiger partial charge on any atom is 0.261 e. The Bertz CT molecular complexity index is 1620. The lowest BCUT2D eigenvalue weighted by Crippen LogP contribution is -2.45. The van der Waals surface area contributed by atoms with Crippen LogP contribution >= 0.6 is 0 Å². The van der Waals surface area contributed by atoms with Gasteiger partial charge in [0.05, 0.1) is 40.5 Å². The van der Waals surface area contributed by atoms with E-state index in [1.807, 2.05) is 37.3 Å². The lowest BCUT2D eigenvalue weighted by molar-refractivity contribution is -0.00521. The molecular weight excluding hydrogens is 466 g/mol. The van der Waals surface area contributed by atoms with Crippen molar-refractivity contribution in [2.45, 2.75) is 39.0 Å². The molecule has 0 amide bonds. The van der Waals surface area contributed by atoms with Gasteiger partial charge in [0.1, 0.15) is 17.2 Å². The van der Waals surface area contributed by atoms with Crippen molar-refractivity contribution in [2.75, 3.05) is 23.3 Å². The van der Waals surface area contributed by atoms with Crippen LogP contribution in [0.2, 0.25) is 0 Å². The monoisotopic (exact) mass is 495 g/mol. The van der Waals surface area contributed by atoms with Gasteiger partial charge in [-0.25, -0.2) is 15.0 Å². The summed E-state index contributed by atoms with van der Waals surface area (Å²) in [6.45, 7) is 7.82. The maximum absolute atomic E-state index is 13.4. The summed E-state index contributed by atoms with van der Waals surface area (Å²) in [6, 6.07) is 15.5. The van der Waals surface area contributed by atoms with Crippen LogP contribution in [0.3, 0.4) is 0 Å². The van der Waals surface area contributed by atoms with Crippen LogP contribution in [0.4, 0.5) is 11.4 Å². The maximum atomic E-state index is 13.4. The number of ether oxygens (including phenoxy) is 1.